The number of rotatable bonds is 6. The van der Waals surface area contributed by atoms with Crippen LogP contribution in [0.1, 0.15) is 48.6 Å². The summed E-state index contributed by atoms with van der Waals surface area (Å²) in [6.07, 6.45) is 6.91. The zero-order valence-electron chi connectivity index (χ0n) is 11.4. The fourth-order valence-electron chi connectivity index (χ4n) is 2.98. The summed E-state index contributed by atoms with van der Waals surface area (Å²) < 4.78 is 5.78. The summed E-state index contributed by atoms with van der Waals surface area (Å²) in [5.41, 5.74) is 0.765. The molecule has 1 aromatic heterocycles. The molecule has 2 aliphatic rings. The summed E-state index contributed by atoms with van der Waals surface area (Å²) in [6, 6.07) is 0. The number of nitrogens with one attached hydrogen (secondary N) is 1. The van der Waals surface area contributed by atoms with E-state index in [2.05, 4.69) is 10.3 Å². The first-order chi connectivity index (χ1) is 9.74. The molecule has 0 aliphatic heterocycles. The number of thiazole rings is 1. The molecular formula is C14H20N2O3S. The summed E-state index contributed by atoms with van der Waals surface area (Å²) in [7, 11) is 0. The number of nitrogens with zero attached hydrogens (tertiary/aromatic N) is 1. The monoisotopic (exact) mass is 296 g/mol. The van der Waals surface area contributed by atoms with Crippen LogP contribution in [-0.2, 0) is 16.0 Å². The molecule has 20 heavy (non-hydrogen) atoms. The molecule has 1 fully saturated rings. The number of anilines is 1. The minimum Gasteiger partial charge on any atom is -0.481 e. The van der Waals surface area contributed by atoms with Crippen molar-refractivity contribution in [2.45, 2.75) is 50.5 Å². The number of aromatic nitrogens is 1. The van der Waals surface area contributed by atoms with Crippen LogP contribution < -0.4 is 5.32 Å². The number of carboxylic acid groups (broad SMARTS) is 1. The third-order valence-corrected chi connectivity index (χ3v) is 5.14. The van der Waals surface area contributed by atoms with Gasteiger partial charge in [0.15, 0.2) is 5.13 Å². The summed E-state index contributed by atoms with van der Waals surface area (Å²) in [4.78, 5) is 16.7. The Morgan fingerprint density at radius 3 is 2.95 bits per heavy atom. The van der Waals surface area contributed by atoms with Gasteiger partial charge in [-0.1, -0.05) is 12.8 Å². The molecule has 2 aliphatic carbocycles. The molecule has 0 bridgehead atoms. The van der Waals surface area contributed by atoms with E-state index in [0.29, 0.717) is 19.1 Å². The van der Waals surface area contributed by atoms with Crippen molar-refractivity contribution in [2.24, 2.45) is 0 Å². The van der Waals surface area contributed by atoms with Gasteiger partial charge in [0.1, 0.15) is 5.92 Å². The molecule has 0 saturated heterocycles. The number of aryl methyl sites for hydroxylation is 1. The van der Waals surface area contributed by atoms with Gasteiger partial charge in [0, 0.05) is 11.4 Å². The molecule has 110 valence electrons. The minimum absolute atomic E-state index is 0.411. The van der Waals surface area contributed by atoms with Crippen molar-refractivity contribution in [3.05, 3.63) is 10.6 Å². The third kappa shape index (κ3) is 2.96. The second-order valence-electron chi connectivity index (χ2n) is 5.46. The Balaban J connectivity index is 1.47. The fraction of sp³-hybridized carbons (Fsp3) is 0.714. The predicted octanol–water partition coefficient (Wildman–Crippen LogP) is 2.63. The summed E-state index contributed by atoms with van der Waals surface area (Å²) in [5.74, 6) is -1.17. The van der Waals surface area contributed by atoms with Crippen LogP contribution in [0.3, 0.4) is 0 Å². The molecule has 0 radical (unpaired) electrons. The van der Waals surface area contributed by atoms with Crippen LogP contribution in [0.15, 0.2) is 0 Å². The number of fused-ring (bicyclic) bond motifs is 1. The fourth-order valence-corrected chi connectivity index (χ4v) is 4.05. The lowest BCUT2D eigenvalue weighted by atomic mass is 10.1. The number of aliphatic carboxylic acids is 1. The second kappa shape index (κ2) is 6.10. The van der Waals surface area contributed by atoms with Gasteiger partial charge < -0.3 is 15.2 Å². The lowest BCUT2D eigenvalue weighted by molar-refractivity contribution is -0.138. The van der Waals surface area contributed by atoms with Crippen molar-refractivity contribution < 1.29 is 14.6 Å². The minimum atomic E-state index is -0.759. The molecule has 1 unspecified atom stereocenters. The van der Waals surface area contributed by atoms with E-state index >= 15 is 0 Å². The number of carboxylic acids is 1. The van der Waals surface area contributed by atoms with Crippen molar-refractivity contribution in [1.82, 2.24) is 4.98 Å². The van der Waals surface area contributed by atoms with Crippen LogP contribution in [-0.4, -0.2) is 35.3 Å². The maximum Gasteiger partial charge on any atom is 0.312 e. The van der Waals surface area contributed by atoms with Gasteiger partial charge in [-0.15, -0.1) is 11.3 Å². The average Bonchev–Trinajstić information content (AvgIpc) is 3.10. The first-order valence-corrected chi connectivity index (χ1v) is 8.13. The van der Waals surface area contributed by atoms with E-state index in [9.17, 15) is 4.79 Å². The van der Waals surface area contributed by atoms with E-state index in [1.807, 2.05) is 0 Å². The topological polar surface area (TPSA) is 71.5 Å². The van der Waals surface area contributed by atoms with Crippen molar-refractivity contribution in [3.63, 3.8) is 0 Å². The van der Waals surface area contributed by atoms with Gasteiger partial charge in [0.05, 0.1) is 18.4 Å². The van der Waals surface area contributed by atoms with E-state index in [1.165, 1.54) is 25.7 Å². The number of carbonyl (C=O) groups is 1. The highest BCUT2D eigenvalue weighted by atomic mass is 32.1. The summed E-state index contributed by atoms with van der Waals surface area (Å²) >= 11 is 1.58. The van der Waals surface area contributed by atoms with E-state index < -0.39 is 11.9 Å². The van der Waals surface area contributed by atoms with Gasteiger partial charge >= 0.3 is 5.97 Å². The summed E-state index contributed by atoms with van der Waals surface area (Å²) in [5, 5.41) is 13.2. The Morgan fingerprint density at radius 2 is 2.20 bits per heavy atom. The second-order valence-corrected chi connectivity index (χ2v) is 6.54. The predicted molar refractivity (Wildman–Crippen MR) is 77.5 cm³/mol. The molecule has 0 spiro atoms. The number of ether oxygens (including phenoxy) is 1. The quantitative estimate of drug-likeness (QED) is 0.790. The Hall–Kier alpha value is -1.14. The first kappa shape index (κ1) is 13.8. The highest BCUT2D eigenvalue weighted by Gasteiger charge is 2.32. The van der Waals surface area contributed by atoms with Crippen LogP contribution in [0.2, 0.25) is 0 Å². The molecule has 0 aromatic carbocycles. The average molecular weight is 296 g/mol. The molecule has 5 nitrogen and oxygen atoms in total. The number of hydrogen-bond donors (Lipinski definition) is 2. The van der Waals surface area contributed by atoms with Gasteiger partial charge in [-0.2, -0.15) is 0 Å². The lowest BCUT2D eigenvalue weighted by Crippen LogP contribution is -2.15. The Labute approximate surface area is 122 Å². The van der Waals surface area contributed by atoms with E-state index in [1.54, 1.807) is 11.3 Å². The van der Waals surface area contributed by atoms with Crippen molar-refractivity contribution in [1.29, 1.82) is 0 Å². The first-order valence-electron chi connectivity index (χ1n) is 7.32. The molecule has 6 heteroatoms. The highest BCUT2D eigenvalue weighted by molar-refractivity contribution is 7.15. The van der Waals surface area contributed by atoms with E-state index in [4.69, 9.17) is 9.84 Å². The Kier molecular flexibility index (Phi) is 4.21. The number of hydrogen-bond acceptors (Lipinski definition) is 5. The molecule has 3 rings (SSSR count). The third-order valence-electron chi connectivity index (χ3n) is 4.05. The maximum atomic E-state index is 11.1. The van der Waals surface area contributed by atoms with Crippen molar-refractivity contribution >= 4 is 22.4 Å². The summed E-state index contributed by atoms with van der Waals surface area (Å²) in [6.45, 7) is 1.43. The van der Waals surface area contributed by atoms with Gasteiger partial charge in [-0.25, -0.2) is 4.98 Å². The van der Waals surface area contributed by atoms with Gasteiger partial charge in [0.25, 0.3) is 0 Å². The van der Waals surface area contributed by atoms with Crippen LogP contribution in [0.4, 0.5) is 5.13 Å². The largest absolute Gasteiger partial charge is 0.481 e. The molecule has 1 saturated carbocycles. The Morgan fingerprint density at radius 1 is 1.40 bits per heavy atom. The molecular weight excluding hydrogens is 276 g/mol. The van der Waals surface area contributed by atoms with Crippen molar-refractivity contribution in [2.75, 3.05) is 18.5 Å². The van der Waals surface area contributed by atoms with Gasteiger partial charge in [0.2, 0.25) is 0 Å². The van der Waals surface area contributed by atoms with E-state index in [-0.39, 0.29) is 0 Å². The van der Waals surface area contributed by atoms with Gasteiger partial charge in [-0.05, 0) is 25.7 Å². The highest BCUT2D eigenvalue weighted by Crippen LogP contribution is 2.38. The smallest absolute Gasteiger partial charge is 0.312 e. The zero-order valence-corrected chi connectivity index (χ0v) is 12.2. The molecule has 1 atom stereocenters. The van der Waals surface area contributed by atoms with Gasteiger partial charge in [-0.3, -0.25) is 4.79 Å². The SMILES string of the molecule is O=C(O)C1CCc2sc(NCCOC3CCCC3)nc21. The van der Waals surface area contributed by atoms with Crippen molar-refractivity contribution in [3.8, 4) is 0 Å². The van der Waals surface area contributed by atoms with Crippen LogP contribution in [0.25, 0.3) is 0 Å². The lowest BCUT2D eigenvalue weighted by Gasteiger charge is -2.11. The maximum absolute atomic E-state index is 11.1. The molecule has 2 N–H and O–H groups in total. The van der Waals surface area contributed by atoms with Crippen LogP contribution >= 0.6 is 11.3 Å². The molecule has 0 amide bonds. The molecule has 1 heterocycles. The Bertz CT molecular complexity index is 483. The molecule has 1 aromatic rings. The van der Waals surface area contributed by atoms with E-state index in [0.717, 1.165) is 28.7 Å². The zero-order chi connectivity index (χ0) is 13.9. The van der Waals surface area contributed by atoms with Crippen LogP contribution in [0.5, 0.6) is 0 Å². The normalized spacial score (nSPS) is 22.1. The standard InChI is InChI=1S/C14H20N2O3S/c17-13(18)10-5-6-11-12(10)16-14(20-11)15-7-8-19-9-3-1-2-4-9/h9-10H,1-8H2,(H,15,16)(H,17,18). The van der Waals surface area contributed by atoms with Crippen LogP contribution in [0, 0.1) is 0 Å².